The van der Waals surface area contributed by atoms with Crippen LogP contribution in [0.3, 0.4) is 0 Å². The van der Waals surface area contributed by atoms with Gasteiger partial charge in [0.2, 0.25) is 31.9 Å². The fourth-order valence-electron chi connectivity index (χ4n) is 3.38. The summed E-state index contributed by atoms with van der Waals surface area (Å²) in [6.45, 7) is 10.5. The van der Waals surface area contributed by atoms with E-state index in [1.165, 1.54) is 48.5 Å². The van der Waals surface area contributed by atoms with Crippen LogP contribution in [-0.4, -0.2) is 39.7 Å². The first-order valence-electron chi connectivity index (χ1n) is 12.2. The molecule has 210 valence electrons. The Balaban J connectivity index is 1.76. The zero-order chi connectivity index (χ0) is 28.8. The van der Waals surface area contributed by atoms with E-state index in [0.29, 0.717) is 24.2 Å². The number of carbonyl (C=O) groups excluding carboxylic acids is 2. The third kappa shape index (κ3) is 10.9. The molecular formula is C26H38N4O6S2. The van der Waals surface area contributed by atoms with Crippen molar-refractivity contribution in [2.75, 3.05) is 10.6 Å². The summed E-state index contributed by atoms with van der Waals surface area (Å²) in [6.07, 6.45) is 1.37. The Morgan fingerprint density at radius 3 is 1.13 bits per heavy atom. The number of anilines is 2. The number of rotatable bonds is 11. The van der Waals surface area contributed by atoms with Crippen LogP contribution in [-0.2, 0) is 29.6 Å². The minimum Gasteiger partial charge on any atom is -0.326 e. The zero-order valence-electron chi connectivity index (χ0n) is 22.7. The maximum Gasteiger partial charge on any atom is 0.241 e. The molecule has 2 aromatic carbocycles. The summed E-state index contributed by atoms with van der Waals surface area (Å²) in [7, 11) is -7.31. The number of carbonyl (C=O) groups is 2. The van der Waals surface area contributed by atoms with Gasteiger partial charge in [-0.2, -0.15) is 0 Å². The number of hydrogen-bond acceptors (Lipinski definition) is 6. The molecule has 0 aliphatic heterocycles. The minimum absolute atomic E-state index is 0.106. The average molecular weight is 567 g/mol. The van der Waals surface area contributed by atoms with E-state index >= 15 is 0 Å². The molecule has 0 spiro atoms. The van der Waals surface area contributed by atoms with Gasteiger partial charge < -0.3 is 10.6 Å². The van der Waals surface area contributed by atoms with Crippen molar-refractivity contribution in [1.29, 1.82) is 0 Å². The lowest BCUT2D eigenvalue weighted by Crippen LogP contribution is -2.40. The molecule has 4 N–H and O–H groups in total. The first-order chi connectivity index (χ1) is 17.4. The molecule has 2 aromatic rings. The highest BCUT2D eigenvalue weighted by Gasteiger charge is 2.23. The van der Waals surface area contributed by atoms with Crippen molar-refractivity contribution in [1.82, 2.24) is 9.44 Å². The number of amides is 2. The molecule has 2 amide bonds. The van der Waals surface area contributed by atoms with Crippen LogP contribution in [0, 0.1) is 0 Å². The summed E-state index contributed by atoms with van der Waals surface area (Å²) in [4.78, 5) is 24.7. The van der Waals surface area contributed by atoms with E-state index in [9.17, 15) is 26.4 Å². The third-order valence-electron chi connectivity index (χ3n) is 4.84. The molecule has 0 bridgehead atoms. The lowest BCUT2D eigenvalue weighted by atomic mass is 10.1. The quantitative estimate of drug-likeness (QED) is 0.302. The Kier molecular flexibility index (Phi) is 10.2. The number of nitrogens with one attached hydrogen (secondary N) is 4. The molecule has 0 saturated heterocycles. The smallest absolute Gasteiger partial charge is 0.241 e. The summed E-state index contributed by atoms with van der Waals surface area (Å²) >= 11 is 0. The predicted molar refractivity (Wildman–Crippen MR) is 149 cm³/mol. The molecule has 12 heteroatoms. The Labute approximate surface area is 226 Å². The van der Waals surface area contributed by atoms with Gasteiger partial charge in [0, 0.05) is 35.3 Å². The van der Waals surface area contributed by atoms with Gasteiger partial charge in [0.05, 0.1) is 9.79 Å². The highest BCUT2D eigenvalue weighted by atomic mass is 32.2. The van der Waals surface area contributed by atoms with Crippen LogP contribution in [0.25, 0.3) is 0 Å². The third-order valence-corrected chi connectivity index (χ3v) is 8.38. The van der Waals surface area contributed by atoms with Crippen LogP contribution < -0.4 is 20.1 Å². The zero-order valence-corrected chi connectivity index (χ0v) is 24.3. The minimum atomic E-state index is -3.66. The van der Waals surface area contributed by atoms with E-state index in [-0.39, 0.29) is 34.4 Å². The molecule has 0 unspecified atom stereocenters. The Bertz CT molecular complexity index is 1220. The van der Waals surface area contributed by atoms with Crippen LogP contribution >= 0.6 is 0 Å². The second-order valence-corrected chi connectivity index (χ2v) is 14.4. The summed E-state index contributed by atoms with van der Waals surface area (Å²) < 4.78 is 54.6. The van der Waals surface area contributed by atoms with Crippen LogP contribution in [0.4, 0.5) is 11.4 Å². The molecule has 0 aliphatic carbocycles. The van der Waals surface area contributed by atoms with Gasteiger partial charge in [-0.1, -0.05) is 0 Å². The topological polar surface area (TPSA) is 151 Å². The van der Waals surface area contributed by atoms with Crippen LogP contribution in [0.1, 0.15) is 67.2 Å². The van der Waals surface area contributed by atoms with E-state index in [1.807, 2.05) is 0 Å². The highest BCUT2D eigenvalue weighted by Crippen LogP contribution is 2.18. The fraction of sp³-hybridized carbons (Fsp3) is 0.462. The maximum atomic E-state index is 12.4. The number of benzene rings is 2. The van der Waals surface area contributed by atoms with E-state index in [1.54, 1.807) is 41.5 Å². The summed E-state index contributed by atoms with van der Waals surface area (Å²) in [5.74, 6) is -0.482. The van der Waals surface area contributed by atoms with Gasteiger partial charge in [-0.25, -0.2) is 26.3 Å². The van der Waals surface area contributed by atoms with Crippen molar-refractivity contribution >= 4 is 43.2 Å². The monoisotopic (exact) mass is 566 g/mol. The van der Waals surface area contributed by atoms with Crippen molar-refractivity contribution in [3.05, 3.63) is 48.5 Å². The van der Waals surface area contributed by atoms with Crippen LogP contribution in [0.5, 0.6) is 0 Å². The number of unbranched alkanes of at least 4 members (excludes halogenated alkanes) is 1. The van der Waals surface area contributed by atoms with Gasteiger partial charge >= 0.3 is 0 Å². The van der Waals surface area contributed by atoms with E-state index in [0.717, 1.165) is 0 Å². The first-order valence-corrected chi connectivity index (χ1v) is 15.2. The molecule has 0 atom stereocenters. The second-order valence-electron chi connectivity index (χ2n) is 11.1. The van der Waals surface area contributed by atoms with Gasteiger partial charge in [-0.3, -0.25) is 9.59 Å². The van der Waals surface area contributed by atoms with Gasteiger partial charge in [0.25, 0.3) is 0 Å². The van der Waals surface area contributed by atoms with Crippen molar-refractivity contribution in [3.63, 3.8) is 0 Å². The summed E-state index contributed by atoms with van der Waals surface area (Å²) in [6, 6.07) is 11.8. The van der Waals surface area contributed by atoms with Crippen molar-refractivity contribution in [2.24, 2.45) is 0 Å². The Hall–Kier alpha value is -2.80. The summed E-state index contributed by atoms with van der Waals surface area (Å²) in [5, 5.41) is 5.44. The molecule has 0 fully saturated rings. The molecule has 38 heavy (non-hydrogen) atoms. The Morgan fingerprint density at radius 2 is 0.868 bits per heavy atom. The van der Waals surface area contributed by atoms with Gasteiger partial charge in [0.15, 0.2) is 0 Å². The Morgan fingerprint density at radius 1 is 0.579 bits per heavy atom. The van der Waals surface area contributed by atoms with E-state index in [2.05, 4.69) is 20.1 Å². The lowest BCUT2D eigenvalue weighted by Gasteiger charge is -2.20. The molecule has 0 aliphatic rings. The van der Waals surface area contributed by atoms with Gasteiger partial charge in [0.1, 0.15) is 0 Å². The molecule has 0 heterocycles. The average Bonchev–Trinajstić information content (AvgIpc) is 2.74. The van der Waals surface area contributed by atoms with Gasteiger partial charge in [-0.15, -0.1) is 0 Å². The van der Waals surface area contributed by atoms with Gasteiger partial charge in [-0.05, 0) is 103 Å². The molecule has 0 saturated carbocycles. The van der Waals surface area contributed by atoms with Crippen molar-refractivity contribution in [3.8, 4) is 0 Å². The largest absolute Gasteiger partial charge is 0.326 e. The maximum absolute atomic E-state index is 12.4. The predicted octanol–water partition coefficient (Wildman–Crippen LogP) is 3.98. The normalized spacial score (nSPS) is 12.7. The van der Waals surface area contributed by atoms with Crippen molar-refractivity contribution < 1.29 is 26.4 Å². The lowest BCUT2D eigenvalue weighted by molar-refractivity contribution is -0.118. The second kappa shape index (κ2) is 12.4. The highest BCUT2D eigenvalue weighted by molar-refractivity contribution is 7.89. The van der Waals surface area contributed by atoms with Crippen molar-refractivity contribution in [2.45, 2.75) is 88.1 Å². The SMILES string of the molecule is CC(C)(C)NS(=O)(=O)c1ccc(NC(=O)CCCCC(=O)Nc2ccc(S(=O)(=O)NC(C)(C)C)cc2)cc1. The molecule has 0 radical (unpaired) electrons. The molecular weight excluding hydrogens is 528 g/mol. The molecule has 2 rings (SSSR count). The summed E-state index contributed by atoms with van der Waals surface area (Å²) in [5.41, 5.74) is -0.267. The number of hydrogen-bond donors (Lipinski definition) is 4. The number of sulfonamides is 2. The molecule has 0 aromatic heterocycles. The van der Waals surface area contributed by atoms with E-state index < -0.39 is 31.1 Å². The van der Waals surface area contributed by atoms with Crippen LogP contribution in [0.15, 0.2) is 58.3 Å². The van der Waals surface area contributed by atoms with E-state index in [4.69, 9.17) is 0 Å². The fourth-order valence-corrected chi connectivity index (χ4v) is 6.21. The molecule has 10 nitrogen and oxygen atoms in total. The van der Waals surface area contributed by atoms with Crippen LogP contribution in [0.2, 0.25) is 0 Å². The standard InChI is InChI=1S/C26H38N4O6S2/c1-25(2,3)29-37(33,34)21-15-11-19(12-16-21)27-23(31)9-7-8-10-24(32)28-20-13-17-22(18-14-20)38(35,36)30-26(4,5)6/h11-18,29-30H,7-10H2,1-6H3,(H,27,31)(H,28,32). The first kappa shape index (κ1) is 31.4.